The van der Waals surface area contributed by atoms with Gasteiger partial charge in [-0.25, -0.2) is 0 Å². The monoisotopic (exact) mass is 212 g/mol. The molecule has 1 fully saturated rings. The van der Waals surface area contributed by atoms with Crippen LogP contribution in [0, 0.1) is 11.3 Å². The molecule has 1 atom stereocenters. The number of Topliss-reactive ketones (excluding diaryl/α,β-unsaturated/α-hetero) is 1. The van der Waals surface area contributed by atoms with Crippen molar-refractivity contribution in [3.63, 3.8) is 0 Å². The number of carbonyl (C=O) groups is 2. The summed E-state index contributed by atoms with van der Waals surface area (Å²) < 4.78 is 5.00. The van der Waals surface area contributed by atoms with Gasteiger partial charge in [0.2, 0.25) is 0 Å². The van der Waals surface area contributed by atoms with E-state index >= 15 is 0 Å². The molecule has 1 saturated heterocycles. The molecule has 1 rings (SSSR count). The molecule has 3 nitrogen and oxygen atoms in total. The average Bonchev–Trinajstić information content (AvgIpc) is 2.16. The van der Waals surface area contributed by atoms with Gasteiger partial charge in [-0.2, -0.15) is 0 Å². The highest BCUT2D eigenvalue weighted by Crippen LogP contribution is 2.33. The van der Waals surface area contributed by atoms with E-state index in [1.54, 1.807) is 0 Å². The Balaban J connectivity index is 2.68. The number of ether oxygens (including phenoxy) is 1. The number of cyclic esters (lactones) is 1. The van der Waals surface area contributed by atoms with Crippen LogP contribution >= 0.6 is 0 Å². The fourth-order valence-electron chi connectivity index (χ4n) is 1.84. The molecule has 3 heteroatoms. The number of esters is 1. The fourth-order valence-corrected chi connectivity index (χ4v) is 1.84. The lowest BCUT2D eigenvalue weighted by molar-refractivity contribution is -0.145. The largest absolute Gasteiger partial charge is 0.465 e. The highest BCUT2D eigenvalue weighted by atomic mass is 16.5. The zero-order valence-corrected chi connectivity index (χ0v) is 9.84. The molecule has 15 heavy (non-hydrogen) atoms. The van der Waals surface area contributed by atoms with Crippen molar-refractivity contribution in [1.29, 1.82) is 0 Å². The number of hydrogen-bond acceptors (Lipinski definition) is 3. The molecule has 0 aromatic carbocycles. The minimum absolute atomic E-state index is 0.0592. The molecule has 1 aliphatic heterocycles. The van der Waals surface area contributed by atoms with Crippen molar-refractivity contribution < 1.29 is 14.3 Å². The van der Waals surface area contributed by atoms with Crippen LogP contribution < -0.4 is 0 Å². The summed E-state index contributed by atoms with van der Waals surface area (Å²) in [4.78, 5) is 22.8. The maximum Gasteiger partial charge on any atom is 0.306 e. The third-order valence-corrected chi connectivity index (χ3v) is 3.05. The summed E-state index contributed by atoms with van der Waals surface area (Å²) in [6.45, 7) is 6.57. The first-order valence-electron chi connectivity index (χ1n) is 5.57. The van der Waals surface area contributed by atoms with Gasteiger partial charge in [0, 0.05) is 19.3 Å². The van der Waals surface area contributed by atoms with Crippen molar-refractivity contribution in [2.24, 2.45) is 11.3 Å². The van der Waals surface area contributed by atoms with Gasteiger partial charge in [0.25, 0.3) is 0 Å². The highest BCUT2D eigenvalue weighted by Gasteiger charge is 2.28. The Morgan fingerprint density at radius 1 is 1.20 bits per heavy atom. The van der Waals surface area contributed by atoms with Crippen LogP contribution in [0.2, 0.25) is 0 Å². The van der Waals surface area contributed by atoms with Gasteiger partial charge in [-0.1, -0.05) is 20.8 Å². The predicted octanol–water partition coefficient (Wildman–Crippen LogP) is 2.33. The summed E-state index contributed by atoms with van der Waals surface area (Å²) in [5.74, 6) is 0.288. The highest BCUT2D eigenvalue weighted by molar-refractivity contribution is 5.79. The zero-order valence-electron chi connectivity index (χ0n) is 9.84. The molecular formula is C12H20O3. The van der Waals surface area contributed by atoms with Crippen molar-refractivity contribution in [3.8, 4) is 0 Å². The third-order valence-electron chi connectivity index (χ3n) is 3.05. The van der Waals surface area contributed by atoms with Crippen LogP contribution in [0.25, 0.3) is 0 Å². The van der Waals surface area contributed by atoms with E-state index in [0.29, 0.717) is 19.3 Å². The normalized spacial score (nSPS) is 25.1. The number of ketones is 1. The Hall–Kier alpha value is -0.860. The first-order chi connectivity index (χ1) is 6.89. The first kappa shape index (κ1) is 12.2. The minimum Gasteiger partial charge on any atom is -0.465 e. The Kier molecular flexibility index (Phi) is 3.89. The van der Waals surface area contributed by atoms with Gasteiger partial charge in [-0.05, 0) is 17.8 Å². The molecule has 1 heterocycles. The topological polar surface area (TPSA) is 43.4 Å². The molecule has 0 bridgehead atoms. The Morgan fingerprint density at radius 3 is 2.47 bits per heavy atom. The summed E-state index contributed by atoms with van der Waals surface area (Å²) in [6.07, 6.45) is 2.20. The molecule has 1 unspecified atom stereocenters. The van der Waals surface area contributed by atoms with Gasteiger partial charge in [0.1, 0.15) is 5.78 Å². The van der Waals surface area contributed by atoms with Gasteiger partial charge in [0.15, 0.2) is 0 Å². The van der Waals surface area contributed by atoms with Crippen molar-refractivity contribution in [1.82, 2.24) is 0 Å². The maximum atomic E-state index is 11.4. The van der Waals surface area contributed by atoms with Gasteiger partial charge in [-0.3, -0.25) is 9.59 Å². The molecule has 0 aromatic rings. The van der Waals surface area contributed by atoms with Gasteiger partial charge >= 0.3 is 5.97 Å². The smallest absolute Gasteiger partial charge is 0.306 e. The quantitative estimate of drug-likeness (QED) is 0.579. The van der Waals surface area contributed by atoms with E-state index in [1.165, 1.54) is 0 Å². The second kappa shape index (κ2) is 4.77. The Bertz CT molecular complexity index is 250. The Morgan fingerprint density at radius 2 is 1.87 bits per heavy atom. The first-order valence-corrected chi connectivity index (χ1v) is 5.57. The van der Waals surface area contributed by atoms with Crippen LogP contribution in [0.1, 0.15) is 46.5 Å². The lowest BCUT2D eigenvalue weighted by Crippen LogP contribution is -2.24. The lowest BCUT2D eigenvalue weighted by Gasteiger charge is -2.29. The summed E-state index contributed by atoms with van der Waals surface area (Å²) in [5, 5.41) is 0. The molecule has 0 aliphatic carbocycles. The fraction of sp³-hybridized carbons (Fsp3) is 0.833. The molecule has 0 N–H and O–H groups in total. The van der Waals surface area contributed by atoms with Crippen molar-refractivity contribution in [2.75, 3.05) is 6.61 Å². The van der Waals surface area contributed by atoms with Gasteiger partial charge in [-0.15, -0.1) is 0 Å². The molecule has 86 valence electrons. The molecule has 0 saturated carbocycles. The number of rotatable bonds is 0. The van der Waals surface area contributed by atoms with Crippen molar-refractivity contribution in [3.05, 3.63) is 0 Å². The summed E-state index contributed by atoms with van der Waals surface area (Å²) >= 11 is 0. The second-order valence-electron chi connectivity index (χ2n) is 5.31. The van der Waals surface area contributed by atoms with Crippen LogP contribution in [0.3, 0.4) is 0 Å². The van der Waals surface area contributed by atoms with E-state index in [-0.39, 0.29) is 29.7 Å². The lowest BCUT2D eigenvalue weighted by atomic mass is 9.76. The van der Waals surface area contributed by atoms with E-state index < -0.39 is 0 Å². The van der Waals surface area contributed by atoms with E-state index in [2.05, 4.69) is 20.8 Å². The summed E-state index contributed by atoms with van der Waals surface area (Å²) in [6, 6.07) is 0. The van der Waals surface area contributed by atoms with Crippen molar-refractivity contribution >= 4 is 11.8 Å². The molecular weight excluding hydrogens is 192 g/mol. The minimum atomic E-state index is -0.162. The zero-order chi connectivity index (χ0) is 11.5. The van der Waals surface area contributed by atoms with E-state index in [0.717, 1.165) is 6.42 Å². The van der Waals surface area contributed by atoms with Crippen LogP contribution in [0.15, 0.2) is 0 Å². The van der Waals surface area contributed by atoms with E-state index in [4.69, 9.17) is 4.74 Å². The maximum absolute atomic E-state index is 11.4. The third kappa shape index (κ3) is 4.02. The summed E-state index contributed by atoms with van der Waals surface area (Å²) in [7, 11) is 0. The standard InChI is InChI=1S/C12H20O3/c1-12(2,3)9-4-5-10(13)6-7-15-11(14)8-9/h9H,4-8H2,1-3H3. The average molecular weight is 212 g/mol. The summed E-state index contributed by atoms with van der Waals surface area (Å²) in [5.41, 5.74) is 0.0592. The predicted molar refractivity (Wildman–Crippen MR) is 57.4 cm³/mol. The number of hydrogen-bond donors (Lipinski definition) is 0. The van der Waals surface area contributed by atoms with Crippen molar-refractivity contribution in [2.45, 2.75) is 46.5 Å². The molecule has 0 aromatic heterocycles. The van der Waals surface area contributed by atoms with Crippen LogP contribution in [-0.2, 0) is 14.3 Å². The van der Waals surface area contributed by atoms with Gasteiger partial charge < -0.3 is 4.74 Å². The number of carbonyl (C=O) groups excluding carboxylic acids is 2. The van der Waals surface area contributed by atoms with E-state index in [9.17, 15) is 9.59 Å². The second-order valence-corrected chi connectivity index (χ2v) is 5.31. The SMILES string of the molecule is CC(C)(C)C1CCC(=O)CCOC(=O)C1. The van der Waals surface area contributed by atoms with Gasteiger partial charge in [0.05, 0.1) is 6.61 Å². The van der Waals surface area contributed by atoms with Crippen LogP contribution in [-0.4, -0.2) is 18.4 Å². The molecule has 0 spiro atoms. The Labute approximate surface area is 91.2 Å². The molecule has 0 radical (unpaired) electrons. The molecule has 1 aliphatic rings. The van der Waals surface area contributed by atoms with Crippen LogP contribution in [0.4, 0.5) is 0 Å². The molecule has 0 amide bonds. The van der Waals surface area contributed by atoms with Crippen LogP contribution in [0.5, 0.6) is 0 Å². The van der Waals surface area contributed by atoms with E-state index in [1.807, 2.05) is 0 Å².